The van der Waals surface area contributed by atoms with Crippen LogP contribution in [-0.2, 0) is 4.74 Å². The fourth-order valence-corrected chi connectivity index (χ4v) is 2.06. The van der Waals surface area contributed by atoms with Crippen molar-refractivity contribution in [3.8, 4) is 5.75 Å². The number of unbranched alkanes of at least 4 members (excludes halogenated alkanes) is 1. The van der Waals surface area contributed by atoms with Crippen molar-refractivity contribution in [3.63, 3.8) is 0 Å². The van der Waals surface area contributed by atoms with Crippen LogP contribution < -0.4 is 5.32 Å². The maximum absolute atomic E-state index is 9.85. The van der Waals surface area contributed by atoms with Gasteiger partial charge in [-0.3, -0.25) is 0 Å². The zero-order valence-electron chi connectivity index (χ0n) is 12.2. The Bertz CT molecular complexity index is 341. The van der Waals surface area contributed by atoms with E-state index in [2.05, 4.69) is 19.2 Å². The molecule has 3 nitrogen and oxygen atoms in total. The van der Waals surface area contributed by atoms with Crippen LogP contribution in [0.2, 0.25) is 0 Å². The Labute approximate surface area is 117 Å². The quantitative estimate of drug-likeness (QED) is 0.635. The molecule has 0 aliphatic carbocycles. The molecular weight excluding hydrogens is 238 g/mol. The van der Waals surface area contributed by atoms with Crippen LogP contribution in [0.5, 0.6) is 5.75 Å². The molecule has 0 aliphatic rings. The highest BCUT2D eigenvalue weighted by molar-refractivity contribution is 5.34. The minimum absolute atomic E-state index is 0.219. The molecule has 0 amide bonds. The fourth-order valence-electron chi connectivity index (χ4n) is 2.06. The normalized spacial score (nSPS) is 12.5. The van der Waals surface area contributed by atoms with Crippen molar-refractivity contribution >= 4 is 0 Å². The lowest BCUT2D eigenvalue weighted by Crippen LogP contribution is -2.23. The third-order valence-electron chi connectivity index (χ3n) is 3.22. The standard InChI is InChI=1S/C16H27NO2/c1-3-5-12-19-13-8-11-17-15(4-2)14-9-6-7-10-16(14)18/h6-7,9-10,15,17-18H,3-5,8,11-13H2,1-2H3. The Morgan fingerprint density at radius 1 is 1.16 bits per heavy atom. The van der Waals surface area contributed by atoms with E-state index in [1.54, 1.807) is 6.07 Å². The number of hydrogen-bond donors (Lipinski definition) is 2. The second kappa shape index (κ2) is 9.82. The first kappa shape index (κ1) is 16.0. The van der Waals surface area contributed by atoms with Crippen molar-refractivity contribution < 1.29 is 9.84 Å². The first-order chi connectivity index (χ1) is 9.29. The minimum atomic E-state index is 0.219. The van der Waals surface area contributed by atoms with Crippen molar-refractivity contribution in [3.05, 3.63) is 29.8 Å². The van der Waals surface area contributed by atoms with Crippen LogP contribution in [0.3, 0.4) is 0 Å². The molecule has 2 N–H and O–H groups in total. The van der Waals surface area contributed by atoms with Gasteiger partial charge in [0.25, 0.3) is 0 Å². The molecule has 0 fully saturated rings. The van der Waals surface area contributed by atoms with E-state index in [1.807, 2.05) is 18.2 Å². The molecule has 0 aromatic heterocycles. The Morgan fingerprint density at radius 3 is 2.58 bits per heavy atom. The topological polar surface area (TPSA) is 41.5 Å². The van der Waals surface area contributed by atoms with Gasteiger partial charge in [-0.1, -0.05) is 38.5 Å². The predicted molar refractivity (Wildman–Crippen MR) is 79.5 cm³/mol. The summed E-state index contributed by atoms with van der Waals surface area (Å²) in [5.41, 5.74) is 0.983. The van der Waals surface area contributed by atoms with Gasteiger partial charge >= 0.3 is 0 Å². The minimum Gasteiger partial charge on any atom is -0.508 e. The third-order valence-corrected chi connectivity index (χ3v) is 3.22. The number of phenolic OH excluding ortho intramolecular Hbond substituents is 1. The predicted octanol–water partition coefficient (Wildman–Crippen LogP) is 3.64. The molecule has 1 rings (SSSR count). The number of benzene rings is 1. The molecular formula is C16H27NO2. The smallest absolute Gasteiger partial charge is 0.120 e. The molecule has 108 valence electrons. The van der Waals surface area contributed by atoms with Gasteiger partial charge in [-0.05, 0) is 31.9 Å². The zero-order chi connectivity index (χ0) is 13.9. The van der Waals surface area contributed by atoms with Crippen LogP contribution in [-0.4, -0.2) is 24.9 Å². The van der Waals surface area contributed by atoms with E-state index >= 15 is 0 Å². The Hall–Kier alpha value is -1.06. The van der Waals surface area contributed by atoms with Crippen LogP contribution in [0.15, 0.2) is 24.3 Å². The van der Waals surface area contributed by atoms with Crippen LogP contribution in [0.1, 0.15) is 51.1 Å². The molecule has 0 saturated heterocycles. The lowest BCUT2D eigenvalue weighted by molar-refractivity contribution is 0.128. The van der Waals surface area contributed by atoms with Crippen LogP contribution >= 0.6 is 0 Å². The summed E-state index contributed by atoms with van der Waals surface area (Å²) < 4.78 is 5.53. The van der Waals surface area contributed by atoms with E-state index < -0.39 is 0 Å². The SMILES string of the molecule is CCCCOCCCNC(CC)c1ccccc1O. The Balaban J connectivity index is 2.24. The molecule has 0 bridgehead atoms. The van der Waals surface area contributed by atoms with Gasteiger partial charge in [0.15, 0.2) is 0 Å². The zero-order valence-corrected chi connectivity index (χ0v) is 12.2. The number of nitrogens with one attached hydrogen (secondary N) is 1. The second-order valence-corrected chi connectivity index (χ2v) is 4.79. The lowest BCUT2D eigenvalue weighted by atomic mass is 10.0. The van der Waals surface area contributed by atoms with Crippen molar-refractivity contribution in [2.75, 3.05) is 19.8 Å². The highest BCUT2D eigenvalue weighted by atomic mass is 16.5. The molecule has 0 radical (unpaired) electrons. The van der Waals surface area contributed by atoms with Crippen molar-refractivity contribution in [1.29, 1.82) is 0 Å². The Morgan fingerprint density at radius 2 is 1.89 bits per heavy atom. The van der Waals surface area contributed by atoms with Crippen LogP contribution in [0.4, 0.5) is 0 Å². The second-order valence-electron chi connectivity index (χ2n) is 4.79. The van der Waals surface area contributed by atoms with Gasteiger partial charge in [0.2, 0.25) is 0 Å². The van der Waals surface area contributed by atoms with Gasteiger partial charge in [0.05, 0.1) is 0 Å². The molecule has 19 heavy (non-hydrogen) atoms. The van der Waals surface area contributed by atoms with E-state index in [9.17, 15) is 5.11 Å². The third kappa shape index (κ3) is 6.08. The number of ether oxygens (including phenoxy) is 1. The maximum atomic E-state index is 9.85. The summed E-state index contributed by atoms with van der Waals surface area (Å²) in [6, 6.07) is 7.76. The fraction of sp³-hybridized carbons (Fsp3) is 0.625. The average Bonchev–Trinajstić information content (AvgIpc) is 2.43. The van der Waals surface area contributed by atoms with Crippen LogP contribution in [0.25, 0.3) is 0 Å². The number of para-hydroxylation sites is 1. The van der Waals surface area contributed by atoms with Crippen molar-refractivity contribution in [2.24, 2.45) is 0 Å². The average molecular weight is 265 g/mol. The molecule has 0 heterocycles. The number of rotatable bonds is 10. The molecule has 1 unspecified atom stereocenters. The summed E-state index contributed by atoms with van der Waals surface area (Å²) in [6.07, 6.45) is 4.30. The summed E-state index contributed by atoms with van der Waals surface area (Å²) >= 11 is 0. The molecule has 3 heteroatoms. The van der Waals surface area contributed by atoms with E-state index in [0.717, 1.165) is 44.6 Å². The molecule has 0 aliphatic heterocycles. The molecule has 1 aromatic rings. The van der Waals surface area contributed by atoms with Gasteiger partial charge in [-0.15, -0.1) is 0 Å². The van der Waals surface area contributed by atoms with Crippen molar-refractivity contribution in [1.82, 2.24) is 5.32 Å². The summed E-state index contributed by atoms with van der Waals surface area (Å²) in [7, 11) is 0. The Kier molecular flexibility index (Phi) is 8.26. The lowest BCUT2D eigenvalue weighted by Gasteiger charge is -2.18. The number of hydrogen-bond acceptors (Lipinski definition) is 3. The summed E-state index contributed by atoms with van der Waals surface area (Å²) in [4.78, 5) is 0. The highest BCUT2D eigenvalue weighted by Gasteiger charge is 2.11. The molecule has 1 atom stereocenters. The van der Waals surface area contributed by atoms with Gasteiger partial charge in [0, 0.05) is 24.8 Å². The van der Waals surface area contributed by atoms with E-state index in [-0.39, 0.29) is 6.04 Å². The van der Waals surface area contributed by atoms with Crippen molar-refractivity contribution in [2.45, 2.75) is 45.6 Å². The summed E-state index contributed by atoms with van der Waals surface area (Å²) in [5.74, 6) is 0.376. The van der Waals surface area contributed by atoms with E-state index in [4.69, 9.17) is 4.74 Å². The van der Waals surface area contributed by atoms with E-state index in [0.29, 0.717) is 5.75 Å². The van der Waals surface area contributed by atoms with Crippen LogP contribution in [0, 0.1) is 0 Å². The summed E-state index contributed by atoms with van der Waals surface area (Å²) in [5, 5.41) is 13.3. The molecule has 0 saturated carbocycles. The highest BCUT2D eigenvalue weighted by Crippen LogP contribution is 2.25. The first-order valence-corrected chi connectivity index (χ1v) is 7.38. The van der Waals surface area contributed by atoms with Gasteiger partial charge in [0.1, 0.15) is 5.75 Å². The largest absolute Gasteiger partial charge is 0.508 e. The van der Waals surface area contributed by atoms with Gasteiger partial charge < -0.3 is 15.2 Å². The van der Waals surface area contributed by atoms with E-state index in [1.165, 1.54) is 6.42 Å². The molecule has 1 aromatic carbocycles. The first-order valence-electron chi connectivity index (χ1n) is 7.38. The maximum Gasteiger partial charge on any atom is 0.120 e. The molecule has 0 spiro atoms. The number of phenols is 1. The van der Waals surface area contributed by atoms with Gasteiger partial charge in [-0.2, -0.15) is 0 Å². The summed E-state index contributed by atoms with van der Waals surface area (Å²) in [6.45, 7) is 6.89. The number of aromatic hydroxyl groups is 1. The van der Waals surface area contributed by atoms with Gasteiger partial charge in [-0.25, -0.2) is 0 Å². The monoisotopic (exact) mass is 265 g/mol.